The minimum absolute atomic E-state index is 0.0269. The van der Waals surface area contributed by atoms with E-state index in [-0.39, 0.29) is 11.9 Å². The molecule has 1 aliphatic rings. The van der Waals surface area contributed by atoms with E-state index in [4.69, 9.17) is 9.51 Å². The van der Waals surface area contributed by atoms with Crippen molar-refractivity contribution in [1.29, 1.82) is 0 Å². The summed E-state index contributed by atoms with van der Waals surface area (Å²) in [4.78, 5) is 19.4. The summed E-state index contributed by atoms with van der Waals surface area (Å²) in [5.41, 5.74) is 1.72. The Morgan fingerprint density at radius 2 is 2.22 bits per heavy atom. The fourth-order valence-corrected chi connectivity index (χ4v) is 4.19. The first kappa shape index (κ1) is 14.4. The lowest BCUT2D eigenvalue weighted by atomic mass is 10.0. The molecule has 118 valence electrons. The van der Waals surface area contributed by atoms with Crippen molar-refractivity contribution in [3.8, 4) is 0 Å². The molecule has 1 unspecified atom stereocenters. The number of hydrogen-bond donors (Lipinski definition) is 0. The number of hydrogen-bond acceptors (Lipinski definition) is 5. The Bertz CT molecular complexity index is 821. The van der Waals surface area contributed by atoms with Crippen LogP contribution in [0.15, 0.2) is 34.9 Å². The summed E-state index contributed by atoms with van der Waals surface area (Å²) in [6.45, 7) is 2.56. The smallest absolute Gasteiger partial charge is 0.293 e. The molecule has 4 rings (SSSR count). The summed E-state index contributed by atoms with van der Waals surface area (Å²) in [6.07, 6.45) is 3.07. The van der Waals surface area contributed by atoms with E-state index in [1.807, 2.05) is 30.0 Å². The molecule has 6 heteroatoms. The fourth-order valence-electron chi connectivity index (χ4n) is 3.07. The molecule has 1 saturated heterocycles. The summed E-state index contributed by atoms with van der Waals surface area (Å²) in [7, 11) is 0. The van der Waals surface area contributed by atoms with Gasteiger partial charge >= 0.3 is 0 Å². The Kier molecular flexibility index (Phi) is 3.61. The third-order valence-electron chi connectivity index (χ3n) is 4.20. The number of aromatic nitrogens is 2. The maximum atomic E-state index is 12.8. The molecule has 1 aliphatic heterocycles. The third kappa shape index (κ3) is 2.63. The van der Waals surface area contributed by atoms with Gasteiger partial charge in [-0.2, -0.15) is 0 Å². The standard InChI is InChI=1S/C17H17N3O2S/c1-11-10-14(22-19-11)17(21)20-9-5-4-7-13(20)16-18-12-6-2-3-8-15(12)23-16/h2-3,6,8,10,13H,4-5,7,9H2,1H3. The van der Waals surface area contributed by atoms with Gasteiger partial charge in [0.05, 0.1) is 22.0 Å². The van der Waals surface area contributed by atoms with Crippen LogP contribution < -0.4 is 0 Å². The van der Waals surface area contributed by atoms with Gasteiger partial charge in [0, 0.05) is 12.6 Å². The van der Waals surface area contributed by atoms with Crippen LogP contribution in [0.1, 0.15) is 46.6 Å². The summed E-state index contributed by atoms with van der Waals surface area (Å²) in [5, 5.41) is 4.84. The van der Waals surface area contributed by atoms with Crippen LogP contribution in [0.25, 0.3) is 10.2 Å². The molecule has 0 N–H and O–H groups in total. The quantitative estimate of drug-likeness (QED) is 0.715. The molecule has 0 saturated carbocycles. The van der Waals surface area contributed by atoms with Crippen LogP contribution in [0.5, 0.6) is 0 Å². The Morgan fingerprint density at radius 1 is 1.35 bits per heavy atom. The van der Waals surface area contributed by atoms with Gasteiger partial charge in [0.1, 0.15) is 5.01 Å². The number of rotatable bonds is 2. The van der Waals surface area contributed by atoms with Crippen LogP contribution in [0, 0.1) is 6.92 Å². The molecule has 3 heterocycles. The van der Waals surface area contributed by atoms with Crippen LogP contribution in [0.2, 0.25) is 0 Å². The molecule has 1 atom stereocenters. The van der Waals surface area contributed by atoms with Crippen molar-refractivity contribution >= 4 is 27.5 Å². The largest absolute Gasteiger partial charge is 0.351 e. The topological polar surface area (TPSA) is 59.2 Å². The Labute approximate surface area is 137 Å². The van der Waals surface area contributed by atoms with Crippen molar-refractivity contribution in [2.24, 2.45) is 0 Å². The van der Waals surface area contributed by atoms with Gasteiger partial charge < -0.3 is 9.42 Å². The second-order valence-electron chi connectivity index (χ2n) is 5.86. The summed E-state index contributed by atoms with van der Waals surface area (Å²) in [6, 6.07) is 9.83. The fraction of sp³-hybridized carbons (Fsp3) is 0.353. The van der Waals surface area contributed by atoms with Crippen molar-refractivity contribution in [1.82, 2.24) is 15.0 Å². The SMILES string of the molecule is Cc1cc(C(=O)N2CCCCC2c2nc3ccccc3s2)on1. The number of carbonyl (C=O) groups is 1. The van der Waals surface area contributed by atoms with E-state index in [1.165, 1.54) is 0 Å². The second-order valence-corrected chi connectivity index (χ2v) is 6.92. The van der Waals surface area contributed by atoms with Crippen molar-refractivity contribution in [3.05, 3.63) is 46.8 Å². The van der Waals surface area contributed by atoms with Crippen LogP contribution in [0.4, 0.5) is 0 Å². The minimum Gasteiger partial charge on any atom is -0.351 e. The van der Waals surface area contributed by atoms with Crippen LogP contribution in [-0.4, -0.2) is 27.5 Å². The molecule has 3 aromatic rings. The van der Waals surface area contributed by atoms with Gasteiger partial charge in [0.2, 0.25) is 5.76 Å². The molecule has 2 aromatic heterocycles. The summed E-state index contributed by atoms with van der Waals surface area (Å²) in [5.74, 6) is 0.227. The first-order valence-corrected chi connectivity index (χ1v) is 8.64. The molecule has 1 amide bonds. The lowest BCUT2D eigenvalue weighted by Gasteiger charge is -2.33. The molecule has 5 nitrogen and oxygen atoms in total. The van der Waals surface area contributed by atoms with E-state index < -0.39 is 0 Å². The Balaban J connectivity index is 1.68. The number of likely N-dealkylation sites (tertiary alicyclic amines) is 1. The predicted molar refractivity (Wildman–Crippen MR) is 88.5 cm³/mol. The number of carbonyl (C=O) groups excluding carboxylic acids is 1. The van der Waals surface area contributed by atoms with Crippen molar-refractivity contribution in [2.75, 3.05) is 6.54 Å². The lowest BCUT2D eigenvalue weighted by Crippen LogP contribution is -2.38. The zero-order chi connectivity index (χ0) is 15.8. The Hall–Kier alpha value is -2.21. The molecular weight excluding hydrogens is 310 g/mol. The van der Waals surface area contributed by atoms with Crippen LogP contribution >= 0.6 is 11.3 Å². The second kappa shape index (κ2) is 5.77. The number of thiazole rings is 1. The normalized spacial score (nSPS) is 18.5. The molecule has 0 aliphatic carbocycles. The monoisotopic (exact) mass is 327 g/mol. The number of para-hydroxylation sites is 1. The zero-order valence-corrected chi connectivity index (χ0v) is 13.7. The lowest BCUT2D eigenvalue weighted by molar-refractivity contribution is 0.0569. The first-order valence-electron chi connectivity index (χ1n) is 7.82. The highest BCUT2D eigenvalue weighted by atomic mass is 32.1. The zero-order valence-electron chi connectivity index (χ0n) is 12.9. The van der Waals surface area contributed by atoms with Gasteiger partial charge in [0.15, 0.2) is 0 Å². The molecule has 0 radical (unpaired) electrons. The van der Waals surface area contributed by atoms with E-state index in [0.29, 0.717) is 5.76 Å². The highest BCUT2D eigenvalue weighted by Crippen LogP contribution is 2.36. The highest BCUT2D eigenvalue weighted by molar-refractivity contribution is 7.18. The number of amides is 1. The maximum Gasteiger partial charge on any atom is 0.293 e. The number of benzene rings is 1. The van der Waals surface area contributed by atoms with Gasteiger partial charge in [-0.3, -0.25) is 4.79 Å². The van der Waals surface area contributed by atoms with Crippen molar-refractivity contribution in [3.63, 3.8) is 0 Å². The highest BCUT2D eigenvalue weighted by Gasteiger charge is 2.32. The number of nitrogens with zero attached hydrogens (tertiary/aromatic N) is 3. The minimum atomic E-state index is -0.0884. The van der Waals surface area contributed by atoms with Gasteiger partial charge in [-0.1, -0.05) is 17.3 Å². The van der Waals surface area contributed by atoms with E-state index >= 15 is 0 Å². The maximum absolute atomic E-state index is 12.8. The van der Waals surface area contributed by atoms with Gasteiger partial charge in [-0.25, -0.2) is 4.98 Å². The van der Waals surface area contributed by atoms with Gasteiger partial charge in [-0.15, -0.1) is 11.3 Å². The number of aryl methyl sites for hydroxylation is 1. The predicted octanol–water partition coefficient (Wildman–Crippen LogP) is 3.96. The third-order valence-corrected chi connectivity index (χ3v) is 5.34. The van der Waals surface area contributed by atoms with Crippen molar-refractivity contribution < 1.29 is 9.32 Å². The summed E-state index contributed by atoms with van der Waals surface area (Å²) >= 11 is 1.67. The number of piperidine rings is 1. The van der Waals surface area contributed by atoms with E-state index in [9.17, 15) is 4.79 Å². The molecule has 1 fully saturated rings. The number of fused-ring (bicyclic) bond motifs is 1. The molecule has 0 spiro atoms. The molecular formula is C17H17N3O2S. The molecule has 0 bridgehead atoms. The molecule has 1 aromatic carbocycles. The van der Waals surface area contributed by atoms with E-state index in [0.717, 1.165) is 46.7 Å². The van der Waals surface area contributed by atoms with Crippen LogP contribution in [0.3, 0.4) is 0 Å². The average molecular weight is 327 g/mol. The van der Waals surface area contributed by atoms with Crippen molar-refractivity contribution in [2.45, 2.75) is 32.2 Å². The van der Waals surface area contributed by atoms with E-state index in [1.54, 1.807) is 17.4 Å². The molecule has 23 heavy (non-hydrogen) atoms. The first-order chi connectivity index (χ1) is 11.2. The van der Waals surface area contributed by atoms with Crippen LogP contribution in [-0.2, 0) is 0 Å². The Morgan fingerprint density at radius 3 is 3.00 bits per heavy atom. The van der Waals surface area contributed by atoms with Gasteiger partial charge in [0.25, 0.3) is 5.91 Å². The summed E-state index contributed by atoms with van der Waals surface area (Å²) < 4.78 is 6.33. The van der Waals surface area contributed by atoms with E-state index in [2.05, 4.69) is 11.2 Å². The van der Waals surface area contributed by atoms with Gasteiger partial charge in [-0.05, 0) is 38.3 Å². The average Bonchev–Trinajstić information content (AvgIpc) is 3.20.